The zero-order valence-electron chi connectivity index (χ0n) is 12.4. The first kappa shape index (κ1) is 15.4. The van der Waals surface area contributed by atoms with Gasteiger partial charge in [0, 0.05) is 16.8 Å². The highest BCUT2D eigenvalue weighted by atomic mass is 16.5. The summed E-state index contributed by atoms with van der Waals surface area (Å²) in [6.45, 7) is 0. The van der Waals surface area contributed by atoms with Crippen LogP contribution in [0.4, 0.5) is 5.69 Å². The topological polar surface area (TPSA) is 85.9 Å². The van der Waals surface area contributed by atoms with E-state index in [1.807, 2.05) is 0 Å². The van der Waals surface area contributed by atoms with Crippen molar-refractivity contribution in [1.82, 2.24) is 5.43 Å². The lowest BCUT2D eigenvalue weighted by Gasteiger charge is -2.06. The van der Waals surface area contributed by atoms with Crippen LogP contribution in [-0.2, 0) is 0 Å². The van der Waals surface area contributed by atoms with Crippen LogP contribution < -0.4 is 20.6 Å². The molecule has 0 fully saturated rings. The lowest BCUT2D eigenvalue weighted by Crippen LogP contribution is -2.17. The van der Waals surface area contributed by atoms with Crippen molar-refractivity contribution in [3.05, 3.63) is 53.6 Å². The molecule has 0 saturated carbocycles. The van der Waals surface area contributed by atoms with E-state index < -0.39 is 0 Å². The summed E-state index contributed by atoms with van der Waals surface area (Å²) in [5.74, 6) is 0.983. The van der Waals surface area contributed by atoms with Crippen molar-refractivity contribution in [2.24, 2.45) is 5.10 Å². The van der Waals surface area contributed by atoms with Gasteiger partial charge in [-0.05, 0) is 42.5 Å². The highest BCUT2D eigenvalue weighted by molar-refractivity contribution is 5.95. The number of ether oxygens (including phenoxy) is 2. The molecule has 1 amide bonds. The van der Waals surface area contributed by atoms with Crippen LogP contribution >= 0.6 is 0 Å². The van der Waals surface area contributed by atoms with Gasteiger partial charge in [0.05, 0.1) is 20.4 Å². The first-order valence-electron chi connectivity index (χ1n) is 6.55. The Morgan fingerprint density at radius 3 is 2.50 bits per heavy atom. The van der Waals surface area contributed by atoms with Gasteiger partial charge in [0.2, 0.25) is 0 Å². The average molecular weight is 299 g/mol. The number of nitrogens with zero attached hydrogens (tertiary/aromatic N) is 1. The molecule has 2 aromatic carbocycles. The van der Waals surface area contributed by atoms with Crippen LogP contribution in [0.5, 0.6) is 11.5 Å². The molecule has 0 aliphatic carbocycles. The number of nitrogens with one attached hydrogen (secondary N) is 1. The van der Waals surface area contributed by atoms with E-state index in [2.05, 4.69) is 10.5 Å². The summed E-state index contributed by atoms with van der Waals surface area (Å²) in [5, 5.41) is 3.93. The molecular weight excluding hydrogens is 282 g/mol. The van der Waals surface area contributed by atoms with Crippen LogP contribution in [0.3, 0.4) is 0 Å². The molecule has 2 aromatic rings. The van der Waals surface area contributed by atoms with E-state index in [4.69, 9.17) is 15.2 Å². The Morgan fingerprint density at radius 1 is 1.14 bits per heavy atom. The number of hydrogen-bond acceptors (Lipinski definition) is 5. The highest BCUT2D eigenvalue weighted by Gasteiger charge is 2.05. The monoisotopic (exact) mass is 299 g/mol. The Morgan fingerprint density at radius 2 is 1.86 bits per heavy atom. The Labute approximate surface area is 128 Å². The van der Waals surface area contributed by atoms with Crippen molar-refractivity contribution >= 4 is 17.8 Å². The minimum absolute atomic E-state index is 0.321. The number of benzene rings is 2. The molecule has 0 saturated heterocycles. The number of nitrogens with two attached hydrogens (primary N) is 1. The molecule has 6 nitrogen and oxygen atoms in total. The number of rotatable bonds is 5. The molecule has 0 spiro atoms. The quantitative estimate of drug-likeness (QED) is 0.502. The van der Waals surface area contributed by atoms with E-state index in [0.717, 1.165) is 0 Å². The maximum absolute atomic E-state index is 11.9. The van der Waals surface area contributed by atoms with Gasteiger partial charge in [-0.25, -0.2) is 5.43 Å². The van der Waals surface area contributed by atoms with E-state index in [1.54, 1.807) is 56.7 Å². The molecule has 0 aliphatic heterocycles. The molecule has 3 N–H and O–H groups in total. The zero-order chi connectivity index (χ0) is 15.9. The van der Waals surface area contributed by atoms with Crippen LogP contribution in [0, 0.1) is 0 Å². The first-order chi connectivity index (χ1) is 10.6. The predicted molar refractivity (Wildman–Crippen MR) is 85.5 cm³/mol. The minimum atomic E-state index is -0.321. The van der Waals surface area contributed by atoms with Crippen molar-refractivity contribution in [2.75, 3.05) is 20.0 Å². The summed E-state index contributed by atoms with van der Waals surface area (Å²) >= 11 is 0. The Hall–Kier alpha value is -3.02. The summed E-state index contributed by atoms with van der Waals surface area (Å²) in [5.41, 5.74) is 9.79. The summed E-state index contributed by atoms with van der Waals surface area (Å²) in [6, 6.07) is 11.9. The second-order valence-corrected chi connectivity index (χ2v) is 4.43. The maximum Gasteiger partial charge on any atom is 0.271 e. The molecular formula is C16H17N3O3. The minimum Gasteiger partial charge on any atom is -0.497 e. The number of hydrazone groups is 1. The molecule has 0 aliphatic rings. The van der Waals surface area contributed by atoms with Crippen molar-refractivity contribution in [2.45, 2.75) is 0 Å². The molecule has 2 rings (SSSR count). The summed E-state index contributed by atoms with van der Waals surface area (Å²) < 4.78 is 10.4. The summed E-state index contributed by atoms with van der Waals surface area (Å²) in [4.78, 5) is 11.9. The molecule has 6 heteroatoms. The van der Waals surface area contributed by atoms with Crippen molar-refractivity contribution in [3.8, 4) is 11.5 Å². The van der Waals surface area contributed by atoms with Gasteiger partial charge in [-0.3, -0.25) is 4.79 Å². The fourth-order valence-electron chi connectivity index (χ4n) is 1.80. The van der Waals surface area contributed by atoms with Gasteiger partial charge in [0.1, 0.15) is 11.5 Å². The molecule has 0 atom stereocenters. The van der Waals surface area contributed by atoms with Gasteiger partial charge < -0.3 is 15.2 Å². The van der Waals surface area contributed by atoms with Gasteiger partial charge >= 0.3 is 0 Å². The molecule has 22 heavy (non-hydrogen) atoms. The van der Waals surface area contributed by atoms with Crippen LogP contribution in [-0.4, -0.2) is 26.3 Å². The normalized spacial score (nSPS) is 10.5. The van der Waals surface area contributed by atoms with Crippen molar-refractivity contribution in [1.29, 1.82) is 0 Å². The van der Waals surface area contributed by atoms with E-state index in [1.165, 1.54) is 6.21 Å². The first-order valence-corrected chi connectivity index (χ1v) is 6.55. The molecule has 0 unspecified atom stereocenters. The third-order valence-electron chi connectivity index (χ3n) is 2.98. The Balaban J connectivity index is 2.08. The number of anilines is 1. The number of carbonyl (C=O) groups excluding carboxylic acids is 1. The maximum atomic E-state index is 11.9. The second kappa shape index (κ2) is 7.12. The summed E-state index contributed by atoms with van der Waals surface area (Å²) in [7, 11) is 3.14. The summed E-state index contributed by atoms with van der Waals surface area (Å²) in [6.07, 6.45) is 1.50. The molecule has 0 radical (unpaired) electrons. The number of nitrogen functional groups attached to an aromatic ring is 1. The number of amides is 1. The molecule has 0 aromatic heterocycles. The second-order valence-electron chi connectivity index (χ2n) is 4.43. The lowest BCUT2D eigenvalue weighted by molar-refractivity contribution is 0.0955. The van der Waals surface area contributed by atoms with E-state index in [0.29, 0.717) is 28.3 Å². The van der Waals surface area contributed by atoms with E-state index in [-0.39, 0.29) is 5.91 Å². The fraction of sp³-hybridized carbons (Fsp3) is 0.125. The van der Waals surface area contributed by atoms with Crippen LogP contribution in [0.2, 0.25) is 0 Å². The average Bonchev–Trinajstić information content (AvgIpc) is 2.55. The van der Waals surface area contributed by atoms with Gasteiger partial charge in [-0.2, -0.15) is 5.10 Å². The molecule has 114 valence electrons. The fourth-order valence-corrected chi connectivity index (χ4v) is 1.80. The van der Waals surface area contributed by atoms with Gasteiger partial charge in [0.15, 0.2) is 0 Å². The van der Waals surface area contributed by atoms with Crippen molar-refractivity contribution < 1.29 is 14.3 Å². The molecule has 0 bridgehead atoms. The van der Waals surface area contributed by atoms with Gasteiger partial charge in [-0.15, -0.1) is 0 Å². The number of methoxy groups -OCH3 is 2. The molecule has 0 heterocycles. The SMILES string of the molecule is COc1ccc(OC)c(/C=N\NC(=O)c2ccc(N)cc2)c1. The third-order valence-corrected chi connectivity index (χ3v) is 2.98. The largest absolute Gasteiger partial charge is 0.497 e. The van der Waals surface area contributed by atoms with Crippen LogP contribution in [0.15, 0.2) is 47.6 Å². The van der Waals surface area contributed by atoms with Crippen LogP contribution in [0.25, 0.3) is 0 Å². The smallest absolute Gasteiger partial charge is 0.271 e. The number of carbonyl (C=O) groups is 1. The Kier molecular flexibility index (Phi) is 4.98. The zero-order valence-corrected chi connectivity index (χ0v) is 12.4. The standard InChI is InChI=1S/C16H17N3O3/c1-21-14-7-8-15(22-2)12(9-14)10-18-19-16(20)11-3-5-13(17)6-4-11/h3-10H,17H2,1-2H3,(H,19,20)/b18-10-. The number of hydrogen-bond donors (Lipinski definition) is 2. The van der Waals surface area contributed by atoms with E-state index >= 15 is 0 Å². The third kappa shape index (κ3) is 3.76. The van der Waals surface area contributed by atoms with E-state index in [9.17, 15) is 4.79 Å². The van der Waals surface area contributed by atoms with Crippen LogP contribution in [0.1, 0.15) is 15.9 Å². The Bertz CT molecular complexity index is 682. The lowest BCUT2D eigenvalue weighted by atomic mass is 10.2. The predicted octanol–water partition coefficient (Wildman–Crippen LogP) is 2.05. The van der Waals surface area contributed by atoms with Gasteiger partial charge in [0.25, 0.3) is 5.91 Å². The van der Waals surface area contributed by atoms with Gasteiger partial charge in [-0.1, -0.05) is 0 Å². The van der Waals surface area contributed by atoms with Crippen molar-refractivity contribution in [3.63, 3.8) is 0 Å². The highest BCUT2D eigenvalue weighted by Crippen LogP contribution is 2.22.